The molecule has 2 aromatic carbocycles. The maximum atomic E-state index is 12.8. The van der Waals surface area contributed by atoms with Crippen molar-refractivity contribution in [3.8, 4) is 0 Å². The lowest BCUT2D eigenvalue weighted by atomic mass is 10.1. The normalized spacial score (nSPS) is 11.0. The van der Waals surface area contributed by atoms with Crippen LogP contribution in [0.3, 0.4) is 0 Å². The van der Waals surface area contributed by atoms with Gasteiger partial charge in [0.25, 0.3) is 5.91 Å². The summed E-state index contributed by atoms with van der Waals surface area (Å²) in [5.74, 6) is -0.346. The third-order valence-corrected chi connectivity index (χ3v) is 5.29. The molecule has 0 saturated carbocycles. The third kappa shape index (κ3) is 4.95. The number of carbonyl (C=O) groups is 1. The highest BCUT2D eigenvalue weighted by atomic mass is 32.2. The smallest absolute Gasteiger partial charge is 0.253 e. The van der Waals surface area contributed by atoms with Crippen molar-refractivity contribution in [1.29, 1.82) is 0 Å². The fraction of sp³-hybridized carbons (Fsp3) is 0.143. The molecule has 0 saturated heterocycles. The molecule has 144 valence electrons. The van der Waals surface area contributed by atoms with Crippen LogP contribution in [0.5, 0.6) is 0 Å². The van der Waals surface area contributed by atoms with E-state index in [1.807, 2.05) is 36.4 Å². The van der Waals surface area contributed by atoms with Crippen molar-refractivity contribution in [2.24, 2.45) is 0 Å². The Balaban J connectivity index is 1.88. The quantitative estimate of drug-likeness (QED) is 0.667. The number of sulfonamides is 1. The highest BCUT2D eigenvalue weighted by Crippen LogP contribution is 2.25. The van der Waals surface area contributed by atoms with Crippen LogP contribution >= 0.6 is 0 Å². The van der Waals surface area contributed by atoms with Gasteiger partial charge in [0.05, 0.1) is 24.1 Å². The first-order valence-electron chi connectivity index (χ1n) is 8.73. The number of amides is 1. The zero-order valence-electron chi connectivity index (χ0n) is 15.4. The summed E-state index contributed by atoms with van der Waals surface area (Å²) in [7, 11) is -3.60. The standard InChI is InChI=1S/C21H21N3O3S/c1-28(26,27)24(16-17-8-3-2-4-9-17)20-12-6-5-11-19(20)21(25)23-15-18-10-7-13-22-14-18/h2-14H,15-16H2,1H3,(H,23,25). The number of benzene rings is 2. The first-order chi connectivity index (χ1) is 13.4. The van der Waals surface area contributed by atoms with Crippen molar-refractivity contribution >= 4 is 21.6 Å². The Bertz CT molecular complexity index is 1040. The summed E-state index contributed by atoms with van der Waals surface area (Å²) in [6.07, 6.45) is 4.47. The van der Waals surface area contributed by atoms with E-state index in [-0.39, 0.29) is 12.5 Å². The van der Waals surface area contributed by atoms with E-state index >= 15 is 0 Å². The van der Waals surface area contributed by atoms with Crippen molar-refractivity contribution < 1.29 is 13.2 Å². The van der Waals surface area contributed by atoms with Crippen LogP contribution in [0.4, 0.5) is 5.69 Å². The zero-order valence-corrected chi connectivity index (χ0v) is 16.3. The summed E-state index contributed by atoms with van der Waals surface area (Å²) in [5, 5.41) is 2.83. The molecule has 1 amide bonds. The van der Waals surface area contributed by atoms with E-state index in [1.165, 1.54) is 4.31 Å². The van der Waals surface area contributed by atoms with Crippen LogP contribution in [-0.4, -0.2) is 25.6 Å². The van der Waals surface area contributed by atoms with Gasteiger partial charge in [0.2, 0.25) is 10.0 Å². The van der Waals surface area contributed by atoms with Gasteiger partial charge in [-0.2, -0.15) is 0 Å². The molecule has 28 heavy (non-hydrogen) atoms. The number of hydrogen-bond acceptors (Lipinski definition) is 4. The van der Waals surface area contributed by atoms with Crippen LogP contribution in [0.2, 0.25) is 0 Å². The predicted molar refractivity (Wildman–Crippen MR) is 109 cm³/mol. The second kappa shape index (κ2) is 8.67. The van der Waals surface area contributed by atoms with Gasteiger partial charge in [0.1, 0.15) is 0 Å². The van der Waals surface area contributed by atoms with Crippen molar-refractivity contribution in [3.63, 3.8) is 0 Å². The highest BCUT2D eigenvalue weighted by molar-refractivity contribution is 7.92. The average Bonchev–Trinajstić information content (AvgIpc) is 2.71. The van der Waals surface area contributed by atoms with E-state index in [4.69, 9.17) is 0 Å². The topological polar surface area (TPSA) is 79.4 Å². The summed E-state index contributed by atoms with van der Waals surface area (Å²) in [6.45, 7) is 0.450. The summed E-state index contributed by atoms with van der Waals surface area (Å²) in [4.78, 5) is 16.8. The summed E-state index contributed by atoms with van der Waals surface area (Å²) in [6, 6.07) is 19.6. The van der Waals surface area contributed by atoms with Crippen LogP contribution in [0.1, 0.15) is 21.5 Å². The molecule has 1 N–H and O–H groups in total. The van der Waals surface area contributed by atoms with E-state index < -0.39 is 10.0 Å². The minimum absolute atomic E-state index is 0.145. The molecule has 0 radical (unpaired) electrons. The predicted octanol–water partition coefficient (Wildman–Crippen LogP) is 2.98. The number of carbonyl (C=O) groups excluding carboxylic acids is 1. The number of rotatable bonds is 7. The van der Waals surface area contributed by atoms with Crippen LogP contribution < -0.4 is 9.62 Å². The maximum Gasteiger partial charge on any atom is 0.253 e. The van der Waals surface area contributed by atoms with Crippen LogP contribution in [0, 0.1) is 0 Å². The molecule has 0 aliphatic carbocycles. The Morgan fingerprint density at radius 2 is 1.64 bits per heavy atom. The lowest BCUT2D eigenvalue weighted by molar-refractivity contribution is 0.0951. The van der Waals surface area contributed by atoms with Gasteiger partial charge >= 0.3 is 0 Å². The van der Waals surface area contributed by atoms with Crippen LogP contribution in [0.25, 0.3) is 0 Å². The molecule has 0 unspecified atom stereocenters. The largest absolute Gasteiger partial charge is 0.348 e. The van der Waals surface area contributed by atoms with Crippen LogP contribution in [-0.2, 0) is 23.1 Å². The minimum Gasteiger partial charge on any atom is -0.348 e. The first-order valence-corrected chi connectivity index (χ1v) is 10.6. The van der Waals surface area contributed by atoms with Gasteiger partial charge in [-0.25, -0.2) is 8.42 Å². The van der Waals surface area contributed by atoms with E-state index in [9.17, 15) is 13.2 Å². The molecule has 3 rings (SSSR count). The number of nitrogens with zero attached hydrogens (tertiary/aromatic N) is 2. The van der Waals surface area contributed by atoms with Crippen molar-refractivity contribution in [3.05, 3.63) is 95.8 Å². The summed E-state index contributed by atoms with van der Waals surface area (Å²) < 4.78 is 26.2. The van der Waals surface area contributed by atoms with Gasteiger partial charge in [-0.15, -0.1) is 0 Å². The molecule has 1 aromatic heterocycles. The number of nitrogens with one attached hydrogen (secondary N) is 1. The Hall–Kier alpha value is -3.19. The lowest BCUT2D eigenvalue weighted by Crippen LogP contribution is -2.32. The van der Waals surface area contributed by atoms with Gasteiger partial charge in [0, 0.05) is 18.9 Å². The second-order valence-corrected chi connectivity index (χ2v) is 8.22. The molecular weight excluding hydrogens is 374 g/mol. The van der Waals surface area contributed by atoms with E-state index in [0.29, 0.717) is 17.8 Å². The van der Waals surface area contributed by atoms with E-state index in [0.717, 1.165) is 17.4 Å². The molecule has 0 aliphatic heterocycles. The van der Waals surface area contributed by atoms with Crippen LogP contribution in [0.15, 0.2) is 79.1 Å². The van der Waals surface area contributed by atoms with Gasteiger partial charge in [0.15, 0.2) is 0 Å². The Morgan fingerprint density at radius 1 is 0.964 bits per heavy atom. The van der Waals surface area contributed by atoms with Gasteiger partial charge < -0.3 is 5.32 Å². The van der Waals surface area contributed by atoms with Gasteiger partial charge in [-0.05, 0) is 29.3 Å². The number of hydrogen-bond donors (Lipinski definition) is 1. The van der Waals surface area contributed by atoms with E-state index in [2.05, 4.69) is 10.3 Å². The number of aromatic nitrogens is 1. The van der Waals surface area contributed by atoms with Crippen molar-refractivity contribution in [2.75, 3.05) is 10.6 Å². The summed E-state index contributed by atoms with van der Waals surface area (Å²) in [5.41, 5.74) is 2.33. The Morgan fingerprint density at radius 3 is 2.32 bits per heavy atom. The minimum atomic E-state index is -3.60. The van der Waals surface area contributed by atoms with Crippen molar-refractivity contribution in [2.45, 2.75) is 13.1 Å². The zero-order chi connectivity index (χ0) is 20.0. The second-order valence-electron chi connectivity index (χ2n) is 6.32. The SMILES string of the molecule is CS(=O)(=O)N(Cc1ccccc1)c1ccccc1C(=O)NCc1cccnc1. The molecule has 0 bridgehead atoms. The number of anilines is 1. The molecule has 0 aliphatic rings. The first kappa shape index (κ1) is 19.6. The highest BCUT2D eigenvalue weighted by Gasteiger charge is 2.23. The number of para-hydroxylation sites is 1. The van der Waals surface area contributed by atoms with Crippen molar-refractivity contribution in [1.82, 2.24) is 10.3 Å². The molecule has 0 atom stereocenters. The molecule has 7 heteroatoms. The van der Waals surface area contributed by atoms with Gasteiger partial charge in [-0.1, -0.05) is 48.5 Å². The fourth-order valence-electron chi connectivity index (χ4n) is 2.79. The third-order valence-electron chi connectivity index (χ3n) is 4.16. The number of pyridine rings is 1. The van der Waals surface area contributed by atoms with Gasteiger partial charge in [-0.3, -0.25) is 14.1 Å². The molecule has 0 spiro atoms. The molecule has 6 nitrogen and oxygen atoms in total. The Kier molecular flexibility index (Phi) is 6.06. The van der Waals surface area contributed by atoms with E-state index in [1.54, 1.807) is 42.7 Å². The lowest BCUT2D eigenvalue weighted by Gasteiger charge is -2.24. The molecule has 3 aromatic rings. The average molecular weight is 395 g/mol. The fourth-order valence-corrected chi connectivity index (χ4v) is 3.69. The Labute approximate surface area is 164 Å². The molecule has 0 fully saturated rings. The maximum absolute atomic E-state index is 12.8. The summed E-state index contributed by atoms with van der Waals surface area (Å²) >= 11 is 0. The molecular formula is C21H21N3O3S. The monoisotopic (exact) mass is 395 g/mol. The molecule has 1 heterocycles.